The zero-order valence-corrected chi connectivity index (χ0v) is 11.6. The van der Waals surface area contributed by atoms with E-state index in [0.29, 0.717) is 5.69 Å². The molecule has 0 aliphatic heterocycles. The van der Waals surface area contributed by atoms with E-state index in [1.54, 1.807) is 13.0 Å². The van der Waals surface area contributed by atoms with Crippen LogP contribution in [-0.2, 0) is 4.79 Å². The maximum absolute atomic E-state index is 12.3. The summed E-state index contributed by atoms with van der Waals surface area (Å²) in [7, 11) is 0. The second-order valence-corrected chi connectivity index (χ2v) is 4.61. The van der Waals surface area contributed by atoms with Crippen molar-refractivity contribution >= 4 is 28.9 Å². The number of hydrogen-bond acceptors (Lipinski definition) is 3. The lowest BCUT2D eigenvalue weighted by molar-refractivity contribution is -0.147. The molecular formula is C12H15ClF3N3O. The maximum atomic E-state index is 12.3. The molecule has 1 aromatic rings. The molecule has 1 rings (SSSR count). The van der Waals surface area contributed by atoms with Crippen molar-refractivity contribution in [2.75, 3.05) is 30.7 Å². The van der Waals surface area contributed by atoms with Crippen LogP contribution in [-0.4, -0.2) is 36.6 Å². The predicted molar refractivity (Wildman–Crippen MR) is 72.7 cm³/mol. The van der Waals surface area contributed by atoms with Gasteiger partial charge in [0, 0.05) is 5.69 Å². The molecule has 0 saturated carbocycles. The summed E-state index contributed by atoms with van der Waals surface area (Å²) in [6, 6.07) is 4.50. The van der Waals surface area contributed by atoms with Gasteiger partial charge in [0.25, 0.3) is 0 Å². The van der Waals surface area contributed by atoms with Gasteiger partial charge in [-0.1, -0.05) is 18.5 Å². The minimum atomic E-state index is -4.34. The van der Waals surface area contributed by atoms with Crippen molar-refractivity contribution in [3.05, 3.63) is 23.2 Å². The highest BCUT2D eigenvalue weighted by Crippen LogP contribution is 2.24. The van der Waals surface area contributed by atoms with Crippen LogP contribution >= 0.6 is 11.6 Å². The molecule has 0 spiro atoms. The molecule has 0 atom stereocenters. The molecule has 8 heteroatoms. The predicted octanol–water partition coefficient (Wildman–Crippen LogP) is 2.74. The fourth-order valence-electron chi connectivity index (χ4n) is 1.56. The van der Waals surface area contributed by atoms with Gasteiger partial charge in [-0.15, -0.1) is 0 Å². The standard InChI is InChI=1S/C12H15ClF3N3O/c1-2-19(7-12(14,15)16)6-11(20)18-10-5-8(17)3-4-9(10)13/h3-5H,2,6-7,17H2,1H3,(H,18,20). The van der Waals surface area contributed by atoms with Gasteiger partial charge in [0.1, 0.15) is 0 Å². The second-order valence-electron chi connectivity index (χ2n) is 4.21. The first-order valence-electron chi connectivity index (χ1n) is 5.85. The first kappa shape index (κ1) is 16.6. The summed E-state index contributed by atoms with van der Waals surface area (Å²) in [5.41, 5.74) is 6.22. The molecule has 112 valence electrons. The highest BCUT2D eigenvalue weighted by atomic mass is 35.5. The summed E-state index contributed by atoms with van der Waals surface area (Å²) in [6.07, 6.45) is -4.34. The number of rotatable bonds is 5. The number of nitrogen functional groups attached to an aromatic ring is 1. The lowest BCUT2D eigenvalue weighted by Gasteiger charge is -2.21. The molecule has 0 saturated heterocycles. The Bertz CT molecular complexity index is 480. The van der Waals surface area contributed by atoms with Gasteiger partial charge in [-0.2, -0.15) is 13.2 Å². The molecule has 0 unspecified atom stereocenters. The molecule has 20 heavy (non-hydrogen) atoms. The number of halogens is 4. The highest BCUT2D eigenvalue weighted by Gasteiger charge is 2.30. The van der Waals surface area contributed by atoms with E-state index in [2.05, 4.69) is 5.32 Å². The van der Waals surface area contributed by atoms with E-state index in [1.165, 1.54) is 12.1 Å². The van der Waals surface area contributed by atoms with E-state index < -0.39 is 18.6 Å². The number of nitrogens with zero attached hydrogens (tertiary/aromatic N) is 1. The van der Waals surface area contributed by atoms with Crippen LogP contribution in [0.5, 0.6) is 0 Å². The van der Waals surface area contributed by atoms with Crippen molar-refractivity contribution in [1.82, 2.24) is 4.90 Å². The van der Waals surface area contributed by atoms with Gasteiger partial charge >= 0.3 is 6.18 Å². The van der Waals surface area contributed by atoms with Crippen LogP contribution in [0.3, 0.4) is 0 Å². The molecule has 0 bridgehead atoms. The molecule has 0 aliphatic carbocycles. The summed E-state index contributed by atoms with van der Waals surface area (Å²) < 4.78 is 36.8. The number of hydrogen-bond donors (Lipinski definition) is 2. The van der Waals surface area contributed by atoms with Gasteiger partial charge in [-0.3, -0.25) is 9.69 Å². The van der Waals surface area contributed by atoms with Crippen LogP contribution in [0, 0.1) is 0 Å². The van der Waals surface area contributed by atoms with Crippen molar-refractivity contribution in [3.63, 3.8) is 0 Å². The van der Waals surface area contributed by atoms with Gasteiger partial charge in [0.15, 0.2) is 0 Å². The van der Waals surface area contributed by atoms with Gasteiger partial charge in [-0.05, 0) is 24.7 Å². The average molecular weight is 310 g/mol. The Balaban J connectivity index is 2.64. The Kier molecular flexibility index (Phi) is 5.64. The molecule has 1 aromatic carbocycles. The van der Waals surface area contributed by atoms with Gasteiger partial charge in [0.05, 0.1) is 23.8 Å². The fraction of sp³-hybridized carbons (Fsp3) is 0.417. The van der Waals surface area contributed by atoms with E-state index in [0.717, 1.165) is 4.90 Å². The minimum absolute atomic E-state index is 0.109. The SMILES string of the molecule is CCN(CC(=O)Nc1cc(N)ccc1Cl)CC(F)(F)F. The van der Waals surface area contributed by atoms with Crippen LogP contribution < -0.4 is 11.1 Å². The third-order valence-electron chi connectivity index (χ3n) is 2.48. The van der Waals surface area contributed by atoms with Crippen LogP contribution in [0.25, 0.3) is 0 Å². The first-order chi connectivity index (χ1) is 9.21. The summed E-state index contributed by atoms with van der Waals surface area (Å²) in [4.78, 5) is 12.7. The summed E-state index contributed by atoms with van der Waals surface area (Å²) in [5, 5.41) is 2.71. The molecule has 0 aliphatic rings. The van der Waals surface area contributed by atoms with Gasteiger partial charge < -0.3 is 11.1 Å². The first-order valence-corrected chi connectivity index (χ1v) is 6.23. The van der Waals surface area contributed by atoms with E-state index in [-0.39, 0.29) is 23.8 Å². The Morgan fingerprint density at radius 1 is 1.45 bits per heavy atom. The van der Waals surface area contributed by atoms with E-state index >= 15 is 0 Å². The van der Waals surface area contributed by atoms with Crippen molar-refractivity contribution in [2.45, 2.75) is 13.1 Å². The minimum Gasteiger partial charge on any atom is -0.399 e. The number of amides is 1. The normalized spacial score (nSPS) is 11.7. The second kappa shape index (κ2) is 6.81. The number of benzene rings is 1. The third-order valence-corrected chi connectivity index (χ3v) is 2.81. The summed E-state index contributed by atoms with van der Waals surface area (Å²) >= 11 is 5.85. The molecule has 4 nitrogen and oxygen atoms in total. The maximum Gasteiger partial charge on any atom is 0.401 e. The summed E-state index contributed by atoms with van der Waals surface area (Å²) in [5.74, 6) is -0.580. The molecule has 0 fully saturated rings. The largest absolute Gasteiger partial charge is 0.401 e. The van der Waals surface area contributed by atoms with Crippen molar-refractivity contribution < 1.29 is 18.0 Å². The van der Waals surface area contributed by atoms with E-state index in [1.807, 2.05) is 0 Å². The van der Waals surface area contributed by atoms with Crippen molar-refractivity contribution in [1.29, 1.82) is 0 Å². The van der Waals surface area contributed by atoms with Crippen LogP contribution in [0.4, 0.5) is 24.5 Å². The van der Waals surface area contributed by atoms with Gasteiger partial charge in [0.2, 0.25) is 5.91 Å². The molecule has 3 N–H and O–H groups in total. The lowest BCUT2D eigenvalue weighted by Crippen LogP contribution is -2.39. The number of carbonyl (C=O) groups excluding carboxylic acids is 1. The number of nitrogens with two attached hydrogens (primary N) is 1. The number of likely N-dealkylation sites (N-methyl/N-ethyl adjacent to an activating group) is 1. The molecule has 0 radical (unpaired) electrons. The number of alkyl halides is 3. The number of carbonyl (C=O) groups is 1. The zero-order chi connectivity index (χ0) is 15.3. The topological polar surface area (TPSA) is 58.4 Å². The van der Waals surface area contributed by atoms with Crippen LogP contribution in [0.1, 0.15) is 6.92 Å². The van der Waals surface area contributed by atoms with Crippen molar-refractivity contribution in [3.8, 4) is 0 Å². The Labute approximate surface area is 119 Å². The number of nitrogens with one attached hydrogen (secondary N) is 1. The Morgan fingerprint density at radius 3 is 2.65 bits per heavy atom. The third kappa shape index (κ3) is 5.66. The van der Waals surface area contributed by atoms with Crippen molar-refractivity contribution in [2.24, 2.45) is 0 Å². The average Bonchev–Trinajstić information content (AvgIpc) is 2.31. The Hall–Kier alpha value is -1.47. The van der Waals surface area contributed by atoms with E-state index in [4.69, 9.17) is 17.3 Å². The molecule has 0 aromatic heterocycles. The van der Waals surface area contributed by atoms with Gasteiger partial charge in [-0.25, -0.2) is 0 Å². The Morgan fingerprint density at radius 2 is 2.10 bits per heavy atom. The fourth-order valence-corrected chi connectivity index (χ4v) is 1.73. The molecule has 0 heterocycles. The smallest absolute Gasteiger partial charge is 0.399 e. The zero-order valence-electron chi connectivity index (χ0n) is 10.8. The molecular weight excluding hydrogens is 295 g/mol. The molecule has 1 amide bonds. The van der Waals surface area contributed by atoms with Crippen LogP contribution in [0.15, 0.2) is 18.2 Å². The monoisotopic (exact) mass is 309 g/mol. The summed E-state index contributed by atoms with van der Waals surface area (Å²) in [6.45, 7) is 0.146. The lowest BCUT2D eigenvalue weighted by atomic mass is 10.3. The quantitative estimate of drug-likeness (QED) is 0.822. The van der Waals surface area contributed by atoms with E-state index in [9.17, 15) is 18.0 Å². The highest BCUT2D eigenvalue weighted by molar-refractivity contribution is 6.33. The van der Waals surface area contributed by atoms with Crippen LogP contribution in [0.2, 0.25) is 5.02 Å². The number of anilines is 2.